The molecule has 0 saturated heterocycles. The van der Waals surface area contributed by atoms with Gasteiger partial charge in [-0.15, -0.1) is 6.58 Å². The first-order valence-electron chi connectivity index (χ1n) is 8.25. The summed E-state index contributed by atoms with van der Waals surface area (Å²) in [5, 5.41) is 11.0. The van der Waals surface area contributed by atoms with Gasteiger partial charge < -0.3 is 9.84 Å². The van der Waals surface area contributed by atoms with Gasteiger partial charge in [-0.05, 0) is 19.1 Å². The number of hydrogen-bond acceptors (Lipinski definition) is 6. The monoisotopic (exact) mass is 352 g/mol. The molecule has 0 aliphatic carbocycles. The van der Waals surface area contributed by atoms with Gasteiger partial charge in [0.2, 0.25) is 0 Å². The second-order valence-electron chi connectivity index (χ2n) is 6.07. The molecule has 26 heavy (non-hydrogen) atoms. The Balaban J connectivity index is 1.92. The number of nitrogens with one attached hydrogen (secondary N) is 1. The molecule has 0 aliphatic heterocycles. The number of carbonyl (C=O) groups excluding carboxylic acids is 1. The number of aromatic nitrogens is 5. The van der Waals surface area contributed by atoms with E-state index >= 15 is 0 Å². The Hall–Kier alpha value is -3.29. The van der Waals surface area contributed by atoms with Crippen LogP contribution in [0.3, 0.4) is 0 Å². The lowest BCUT2D eigenvalue weighted by molar-refractivity contribution is 0.0957. The van der Waals surface area contributed by atoms with Crippen LogP contribution < -0.4 is 5.32 Å². The van der Waals surface area contributed by atoms with Gasteiger partial charge in [0.25, 0.3) is 11.8 Å². The van der Waals surface area contributed by atoms with Gasteiger partial charge in [-0.1, -0.05) is 25.1 Å². The van der Waals surface area contributed by atoms with Crippen LogP contribution in [-0.4, -0.2) is 37.4 Å². The molecule has 1 amide bonds. The minimum atomic E-state index is -0.205. The van der Waals surface area contributed by atoms with Gasteiger partial charge >= 0.3 is 0 Å². The minimum Gasteiger partial charge on any atom is -0.348 e. The van der Waals surface area contributed by atoms with Crippen LogP contribution in [0.25, 0.3) is 17.3 Å². The zero-order valence-electron chi connectivity index (χ0n) is 14.9. The predicted octanol–water partition coefficient (Wildman–Crippen LogP) is 2.66. The Morgan fingerprint density at radius 3 is 2.96 bits per heavy atom. The maximum atomic E-state index is 12.2. The van der Waals surface area contributed by atoms with Crippen LogP contribution in [0.1, 0.15) is 41.6 Å². The van der Waals surface area contributed by atoms with Crippen molar-refractivity contribution < 1.29 is 9.32 Å². The molecule has 8 heteroatoms. The van der Waals surface area contributed by atoms with Crippen molar-refractivity contribution in [3.05, 3.63) is 54.3 Å². The van der Waals surface area contributed by atoms with E-state index < -0.39 is 0 Å². The summed E-state index contributed by atoms with van der Waals surface area (Å²) in [5.41, 5.74) is 1.91. The van der Waals surface area contributed by atoms with Gasteiger partial charge in [-0.2, -0.15) is 10.1 Å². The highest BCUT2D eigenvalue weighted by Gasteiger charge is 2.17. The highest BCUT2D eigenvalue weighted by atomic mass is 16.5. The van der Waals surface area contributed by atoms with E-state index in [0.717, 1.165) is 5.56 Å². The second-order valence-corrected chi connectivity index (χ2v) is 6.07. The third-order valence-electron chi connectivity index (χ3n) is 3.83. The number of hydrogen-bond donors (Lipinski definition) is 1. The lowest BCUT2D eigenvalue weighted by Crippen LogP contribution is -2.23. The van der Waals surface area contributed by atoms with Crippen molar-refractivity contribution in [2.24, 2.45) is 0 Å². The summed E-state index contributed by atoms with van der Waals surface area (Å²) in [4.78, 5) is 20.9. The average Bonchev–Trinajstić information content (AvgIpc) is 3.27. The van der Waals surface area contributed by atoms with E-state index in [1.165, 1.54) is 6.20 Å². The van der Waals surface area contributed by atoms with Crippen molar-refractivity contribution in [2.75, 3.05) is 6.54 Å². The van der Waals surface area contributed by atoms with E-state index in [1.807, 2.05) is 20.8 Å². The molecule has 3 heterocycles. The third-order valence-corrected chi connectivity index (χ3v) is 3.83. The fraction of sp³-hybridized carbons (Fsp3) is 0.278. The van der Waals surface area contributed by atoms with E-state index in [9.17, 15) is 4.79 Å². The van der Waals surface area contributed by atoms with Gasteiger partial charge in [0.15, 0.2) is 11.6 Å². The van der Waals surface area contributed by atoms with Crippen LogP contribution in [0.4, 0.5) is 0 Å². The number of pyridine rings is 1. The molecular weight excluding hydrogens is 332 g/mol. The molecule has 0 spiro atoms. The second kappa shape index (κ2) is 7.30. The number of nitrogens with zero attached hydrogens (tertiary/aromatic N) is 5. The first-order valence-corrected chi connectivity index (χ1v) is 8.25. The van der Waals surface area contributed by atoms with Crippen LogP contribution >= 0.6 is 0 Å². The smallest absolute Gasteiger partial charge is 0.258 e. The van der Waals surface area contributed by atoms with Crippen LogP contribution in [0.15, 0.2) is 41.7 Å². The lowest BCUT2D eigenvalue weighted by atomic mass is 10.2. The third kappa shape index (κ3) is 3.39. The Labute approximate surface area is 150 Å². The van der Waals surface area contributed by atoms with E-state index in [0.29, 0.717) is 35.3 Å². The summed E-state index contributed by atoms with van der Waals surface area (Å²) >= 11 is 0. The van der Waals surface area contributed by atoms with E-state index in [2.05, 4.69) is 32.1 Å². The van der Waals surface area contributed by atoms with E-state index in [4.69, 9.17) is 4.52 Å². The molecule has 0 fully saturated rings. The zero-order valence-corrected chi connectivity index (χ0v) is 14.9. The molecule has 3 aromatic rings. The van der Waals surface area contributed by atoms with Crippen molar-refractivity contribution >= 4 is 5.91 Å². The summed E-state index contributed by atoms with van der Waals surface area (Å²) in [6.45, 7) is 9.79. The maximum Gasteiger partial charge on any atom is 0.258 e. The SMILES string of the molecule is C=CCNC(=O)c1cnn(-c2cc(-c3nc(C(C)C)no3)ccn2)c1C. The van der Waals surface area contributed by atoms with Crippen molar-refractivity contribution in [1.82, 2.24) is 30.2 Å². The molecule has 8 nitrogen and oxygen atoms in total. The molecule has 0 saturated carbocycles. The molecular formula is C18H20N6O2. The molecule has 3 rings (SSSR count). The van der Waals surface area contributed by atoms with E-state index in [1.54, 1.807) is 29.1 Å². The quantitative estimate of drug-likeness (QED) is 0.685. The normalized spacial score (nSPS) is 10.9. The lowest BCUT2D eigenvalue weighted by Gasteiger charge is -2.06. The number of rotatable bonds is 6. The topological polar surface area (TPSA) is 98.7 Å². The van der Waals surface area contributed by atoms with Crippen LogP contribution in [0.5, 0.6) is 0 Å². The predicted molar refractivity (Wildman–Crippen MR) is 96.0 cm³/mol. The van der Waals surface area contributed by atoms with Crippen LogP contribution in [-0.2, 0) is 0 Å². The standard InChI is InChI=1S/C18H20N6O2/c1-5-7-20-17(25)14-10-21-24(12(14)4)15-9-13(6-8-19-15)18-22-16(11(2)3)23-26-18/h5-6,8-11H,1,7H2,2-4H3,(H,20,25). The van der Waals surface area contributed by atoms with Gasteiger partial charge in [0.05, 0.1) is 17.5 Å². The largest absolute Gasteiger partial charge is 0.348 e. The van der Waals surface area contributed by atoms with Crippen molar-refractivity contribution in [3.8, 4) is 17.3 Å². The molecule has 0 aromatic carbocycles. The highest BCUT2D eigenvalue weighted by Crippen LogP contribution is 2.22. The Kier molecular flexibility index (Phi) is 4.92. The summed E-state index contributed by atoms with van der Waals surface area (Å²) in [7, 11) is 0. The molecule has 0 bridgehead atoms. The minimum absolute atomic E-state index is 0.179. The fourth-order valence-corrected chi connectivity index (χ4v) is 2.38. The molecule has 0 unspecified atom stereocenters. The van der Waals surface area contributed by atoms with Gasteiger partial charge in [0.1, 0.15) is 0 Å². The van der Waals surface area contributed by atoms with Crippen molar-refractivity contribution in [2.45, 2.75) is 26.7 Å². The van der Waals surface area contributed by atoms with Crippen molar-refractivity contribution in [3.63, 3.8) is 0 Å². The average molecular weight is 352 g/mol. The summed E-state index contributed by atoms with van der Waals surface area (Å²) in [5.74, 6) is 1.61. The van der Waals surface area contributed by atoms with Crippen LogP contribution in [0.2, 0.25) is 0 Å². The molecule has 0 atom stereocenters. The fourth-order valence-electron chi connectivity index (χ4n) is 2.38. The molecule has 0 aliphatic rings. The number of amides is 1. The summed E-state index contributed by atoms with van der Waals surface area (Å²) < 4.78 is 6.93. The maximum absolute atomic E-state index is 12.2. The van der Waals surface area contributed by atoms with E-state index in [-0.39, 0.29) is 11.8 Å². The first kappa shape index (κ1) is 17.5. The zero-order chi connectivity index (χ0) is 18.7. The number of carbonyl (C=O) groups is 1. The van der Waals surface area contributed by atoms with Gasteiger partial charge in [-0.25, -0.2) is 9.67 Å². The molecule has 134 valence electrons. The molecule has 0 radical (unpaired) electrons. The summed E-state index contributed by atoms with van der Waals surface area (Å²) in [6.07, 6.45) is 4.78. The molecule has 3 aromatic heterocycles. The van der Waals surface area contributed by atoms with Gasteiger partial charge in [0, 0.05) is 24.2 Å². The van der Waals surface area contributed by atoms with Crippen molar-refractivity contribution in [1.29, 1.82) is 0 Å². The van der Waals surface area contributed by atoms with Gasteiger partial charge in [-0.3, -0.25) is 4.79 Å². The Morgan fingerprint density at radius 2 is 2.27 bits per heavy atom. The highest BCUT2D eigenvalue weighted by molar-refractivity contribution is 5.95. The Bertz CT molecular complexity index is 941. The first-order chi connectivity index (χ1) is 12.5. The Morgan fingerprint density at radius 1 is 1.46 bits per heavy atom. The molecule has 1 N–H and O–H groups in total. The van der Waals surface area contributed by atoms with Crippen LogP contribution in [0, 0.1) is 6.92 Å². The summed E-state index contributed by atoms with van der Waals surface area (Å²) in [6, 6.07) is 3.58.